The first-order chi connectivity index (χ1) is 9.74. The van der Waals surface area contributed by atoms with E-state index in [1.807, 2.05) is 0 Å². The SMILES string of the molecule is CN1C(C(=O)NCc2ccc(F)c(F)c2F)CCS1(=O)=O. The fraction of sp³-hybridized carbons (Fsp3) is 0.417. The molecule has 1 aliphatic heterocycles. The number of amides is 1. The van der Waals surface area contributed by atoms with Gasteiger partial charge in [0.15, 0.2) is 17.5 Å². The maximum absolute atomic E-state index is 13.4. The molecular weight excluding hydrogens is 309 g/mol. The smallest absolute Gasteiger partial charge is 0.238 e. The highest BCUT2D eigenvalue weighted by Gasteiger charge is 2.38. The topological polar surface area (TPSA) is 66.5 Å². The number of carbonyl (C=O) groups is 1. The lowest BCUT2D eigenvalue weighted by Crippen LogP contribution is -2.42. The molecule has 0 bridgehead atoms. The zero-order valence-corrected chi connectivity index (χ0v) is 11.9. The molecule has 1 atom stereocenters. The lowest BCUT2D eigenvalue weighted by Gasteiger charge is -2.17. The molecule has 0 spiro atoms. The highest BCUT2D eigenvalue weighted by Crippen LogP contribution is 2.19. The Bertz CT molecular complexity index is 679. The molecule has 21 heavy (non-hydrogen) atoms. The Balaban J connectivity index is 2.04. The molecule has 9 heteroatoms. The maximum atomic E-state index is 13.4. The minimum Gasteiger partial charge on any atom is -0.351 e. The van der Waals surface area contributed by atoms with E-state index in [4.69, 9.17) is 0 Å². The van der Waals surface area contributed by atoms with Crippen molar-refractivity contribution in [1.82, 2.24) is 9.62 Å². The lowest BCUT2D eigenvalue weighted by atomic mass is 10.1. The molecule has 1 heterocycles. The summed E-state index contributed by atoms with van der Waals surface area (Å²) < 4.78 is 63.1. The molecule has 2 rings (SSSR count). The van der Waals surface area contributed by atoms with Crippen LogP contribution in [0.4, 0.5) is 13.2 Å². The molecule has 1 amide bonds. The molecule has 1 aliphatic rings. The molecule has 1 fully saturated rings. The van der Waals surface area contributed by atoms with Crippen LogP contribution in [0, 0.1) is 17.5 Å². The fourth-order valence-corrected chi connectivity index (χ4v) is 3.48. The standard InChI is InChI=1S/C12H13F3N2O3S/c1-17-9(4-5-21(17,19)20)12(18)16-6-7-2-3-8(13)11(15)10(7)14/h2-3,9H,4-6H2,1H3,(H,16,18). The van der Waals surface area contributed by atoms with Crippen molar-refractivity contribution in [2.24, 2.45) is 0 Å². The van der Waals surface area contributed by atoms with Crippen molar-refractivity contribution in [3.8, 4) is 0 Å². The van der Waals surface area contributed by atoms with Gasteiger partial charge in [0.05, 0.1) is 5.75 Å². The third-order valence-corrected chi connectivity index (χ3v) is 5.28. The third-order valence-electron chi connectivity index (χ3n) is 3.40. The van der Waals surface area contributed by atoms with Crippen LogP contribution in [0.2, 0.25) is 0 Å². The van der Waals surface area contributed by atoms with Crippen LogP contribution in [0.15, 0.2) is 12.1 Å². The van der Waals surface area contributed by atoms with Crippen molar-refractivity contribution in [2.45, 2.75) is 19.0 Å². The summed E-state index contributed by atoms with van der Waals surface area (Å²) in [7, 11) is -2.15. The van der Waals surface area contributed by atoms with Gasteiger partial charge in [-0.1, -0.05) is 6.07 Å². The van der Waals surface area contributed by atoms with E-state index in [0.29, 0.717) is 0 Å². The molecule has 1 N–H and O–H groups in total. The molecule has 0 radical (unpaired) electrons. The van der Waals surface area contributed by atoms with Gasteiger partial charge in [-0.15, -0.1) is 0 Å². The van der Waals surface area contributed by atoms with E-state index < -0.39 is 39.4 Å². The highest BCUT2D eigenvalue weighted by atomic mass is 32.2. The van der Waals surface area contributed by atoms with Crippen molar-refractivity contribution in [1.29, 1.82) is 0 Å². The summed E-state index contributed by atoms with van der Waals surface area (Å²) in [4.78, 5) is 11.9. The summed E-state index contributed by atoms with van der Waals surface area (Å²) in [5.74, 6) is -5.04. The minimum absolute atomic E-state index is 0.130. The van der Waals surface area contributed by atoms with Crippen LogP contribution < -0.4 is 5.32 Å². The molecule has 1 aromatic carbocycles. The molecule has 1 saturated heterocycles. The summed E-state index contributed by atoms with van der Waals surface area (Å²) in [6.07, 6.45) is 0.130. The number of sulfonamides is 1. The minimum atomic E-state index is -3.43. The second kappa shape index (κ2) is 5.64. The van der Waals surface area contributed by atoms with Crippen LogP contribution in [-0.4, -0.2) is 37.5 Å². The molecule has 5 nitrogen and oxygen atoms in total. The molecule has 0 aliphatic carbocycles. The van der Waals surface area contributed by atoms with Gasteiger partial charge in [0.2, 0.25) is 15.9 Å². The zero-order valence-electron chi connectivity index (χ0n) is 11.1. The summed E-state index contributed by atoms with van der Waals surface area (Å²) >= 11 is 0. The number of hydrogen-bond acceptors (Lipinski definition) is 3. The van der Waals surface area contributed by atoms with Gasteiger partial charge in [-0.3, -0.25) is 4.79 Å². The molecule has 0 saturated carbocycles. The highest BCUT2D eigenvalue weighted by molar-refractivity contribution is 7.89. The second-order valence-electron chi connectivity index (χ2n) is 4.69. The van der Waals surface area contributed by atoms with Crippen LogP contribution in [-0.2, 0) is 21.4 Å². The predicted octanol–water partition coefficient (Wildman–Crippen LogP) is 0.754. The van der Waals surface area contributed by atoms with E-state index in [2.05, 4.69) is 5.32 Å². The van der Waals surface area contributed by atoms with Gasteiger partial charge in [-0.2, -0.15) is 4.31 Å². The number of carbonyl (C=O) groups excluding carboxylic acids is 1. The third kappa shape index (κ3) is 3.03. The van der Waals surface area contributed by atoms with Crippen molar-refractivity contribution >= 4 is 15.9 Å². The average Bonchev–Trinajstić information content (AvgIpc) is 2.70. The van der Waals surface area contributed by atoms with Gasteiger partial charge in [0, 0.05) is 19.2 Å². The summed E-state index contributed by atoms with van der Waals surface area (Å²) in [5.41, 5.74) is -0.217. The van der Waals surface area contributed by atoms with Gasteiger partial charge in [0.25, 0.3) is 0 Å². The Hall–Kier alpha value is -1.61. The van der Waals surface area contributed by atoms with E-state index in [9.17, 15) is 26.4 Å². The number of likely N-dealkylation sites (N-methyl/N-ethyl adjacent to an activating group) is 1. The van der Waals surface area contributed by atoms with Crippen molar-refractivity contribution < 1.29 is 26.4 Å². The number of halogens is 3. The summed E-state index contributed by atoms with van der Waals surface area (Å²) in [5, 5.41) is 2.32. The Morgan fingerprint density at radius 2 is 2.00 bits per heavy atom. The van der Waals surface area contributed by atoms with E-state index in [1.54, 1.807) is 0 Å². The largest absolute Gasteiger partial charge is 0.351 e. The van der Waals surface area contributed by atoms with Gasteiger partial charge in [-0.25, -0.2) is 21.6 Å². The van der Waals surface area contributed by atoms with E-state index in [0.717, 1.165) is 16.4 Å². The average molecular weight is 322 g/mol. The van der Waals surface area contributed by atoms with Gasteiger partial charge in [-0.05, 0) is 12.5 Å². The van der Waals surface area contributed by atoms with Crippen molar-refractivity contribution in [3.05, 3.63) is 35.1 Å². The molecule has 0 aromatic heterocycles. The Labute approximate surface area is 119 Å². The lowest BCUT2D eigenvalue weighted by molar-refractivity contribution is -0.124. The van der Waals surface area contributed by atoms with E-state index >= 15 is 0 Å². The monoisotopic (exact) mass is 322 g/mol. The van der Waals surface area contributed by atoms with Crippen molar-refractivity contribution in [2.75, 3.05) is 12.8 Å². The Morgan fingerprint density at radius 1 is 1.33 bits per heavy atom. The Kier molecular flexibility index (Phi) is 4.24. The quantitative estimate of drug-likeness (QED) is 0.835. The summed E-state index contributed by atoms with van der Waals surface area (Å²) in [6, 6.07) is 0.901. The number of hydrogen-bond donors (Lipinski definition) is 1. The first-order valence-corrected chi connectivity index (χ1v) is 7.70. The first kappa shape index (κ1) is 15.8. The molecular formula is C12H13F3N2O3S. The van der Waals surface area contributed by atoms with Crippen LogP contribution >= 0.6 is 0 Å². The number of rotatable bonds is 3. The van der Waals surface area contributed by atoms with E-state index in [1.165, 1.54) is 7.05 Å². The van der Waals surface area contributed by atoms with Crippen LogP contribution in [0.25, 0.3) is 0 Å². The number of nitrogens with zero attached hydrogens (tertiary/aromatic N) is 1. The first-order valence-electron chi connectivity index (χ1n) is 6.10. The van der Waals surface area contributed by atoms with Gasteiger partial charge < -0.3 is 5.32 Å². The Morgan fingerprint density at radius 3 is 2.57 bits per heavy atom. The molecule has 116 valence electrons. The number of benzene rings is 1. The normalized spacial score (nSPS) is 21.4. The predicted molar refractivity (Wildman–Crippen MR) is 68.1 cm³/mol. The summed E-state index contributed by atoms with van der Waals surface area (Å²) in [6.45, 7) is -0.355. The van der Waals surface area contributed by atoms with Gasteiger partial charge in [0.1, 0.15) is 6.04 Å². The maximum Gasteiger partial charge on any atom is 0.238 e. The molecule has 1 unspecified atom stereocenters. The van der Waals surface area contributed by atoms with Crippen LogP contribution in [0.1, 0.15) is 12.0 Å². The number of nitrogens with one attached hydrogen (secondary N) is 1. The fourth-order valence-electron chi connectivity index (χ4n) is 2.08. The van der Waals surface area contributed by atoms with E-state index in [-0.39, 0.29) is 24.3 Å². The van der Waals surface area contributed by atoms with Crippen LogP contribution in [0.3, 0.4) is 0 Å². The van der Waals surface area contributed by atoms with Gasteiger partial charge >= 0.3 is 0 Å². The second-order valence-corrected chi connectivity index (χ2v) is 6.84. The van der Waals surface area contributed by atoms with Crippen LogP contribution in [0.5, 0.6) is 0 Å². The van der Waals surface area contributed by atoms with Crippen molar-refractivity contribution in [3.63, 3.8) is 0 Å². The zero-order chi connectivity index (χ0) is 15.8. The molecule has 1 aromatic rings.